The Bertz CT molecular complexity index is 2860. The van der Waals surface area contributed by atoms with Gasteiger partial charge in [-0.25, -0.2) is 9.97 Å². The Kier molecular flexibility index (Phi) is 6.68. The second-order valence-electron chi connectivity index (χ2n) is 13.1. The third-order valence-electron chi connectivity index (χ3n) is 10.1. The van der Waals surface area contributed by atoms with Gasteiger partial charge in [-0.15, -0.1) is 0 Å². The number of benzene rings is 7. The van der Waals surface area contributed by atoms with Crippen molar-refractivity contribution >= 4 is 43.6 Å². The van der Waals surface area contributed by atoms with Crippen LogP contribution in [-0.2, 0) is 7.05 Å². The van der Waals surface area contributed by atoms with Crippen molar-refractivity contribution in [3.05, 3.63) is 176 Å². The molecule has 10 aromatic rings. The smallest absolute Gasteiger partial charge is 0.160 e. The lowest BCUT2D eigenvalue weighted by Gasteiger charge is -2.12. The lowest BCUT2D eigenvalue weighted by molar-refractivity contribution is 1.01. The van der Waals surface area contributed by atoms with Crippen molar-refractivity contribution in [1.82, 2.24) is 19.1 Å². The Morgan fingerprint density at radius 3 is 1.51 bits per heavy atom. The van der Waals surface area contributed by atoms with E-state index in [9.17, 15) is 0 Å². The normalized spacial score (nSPS) is 11.6. The van der Waals surface area contributed by atoms with Crippen LogP contribution in [0.1, 0.15) is 0 Å². The number of nitrogens with zero attached hydrogens (tertiary/aromatic N) is 4. The third kappa shape index (κ3) is 4.84. The summed E-state index contributed by atoms with van der Waals surface area (Å²) >= 11 is 0. The summed E-state index contributed by atoms with van der Waals surface area (Å²) in [7, 11) is 2.15. The van der Waals surface area contributed by atoms with Gasteiger partial charge in [-0.2, -0.15) is 0 Å². The number of aryl methyl sites for hydroxylation is 1. The van der Waals surface area contributed by atoms with Crippen molar-refractivity contribution in [2.75, 3.05) is 0 Å². The van der Waals surface area contributed by atoms with Crippen LogP contribution in [0.3, 0.4) is 0 Å². The minimum Gasteiger partial charge on any atom is -0.344 e. The molecule has 4 nitrogen and oxygen atoms in total. The second kappa shape index (κ2) is 11.7. The van der Waals surface area contributed by atoms with Crippen LogP contribution in [0, 0.1) is 0 Å². The van der Waals surface area contributed by atoms with E-state index in [1.165, 1.54) is 43.7 Å². The first-order valence-electron chi connectivity index (χ1n) is 17.3. The predicted molar refractivity (Wildman–Crippen MR) is 212 cm³/mol. The van der Waals surface area contributed by atoms with Crippen LogP contribution in [0.5, 0.6) is 0 Å². The summed E-state index contributed by atoms with van der Waals surface area (Å²) in [5.74, 6) is 0.698. The number of fused-ring (bicyclic) bond motifs is 6. The lowest BCUT2D eigenvalue weighted by Crippen LogP contribution is -1.98. The molecule has 0 N–H and O–H groups in total. The topological polar surface area (TPSA) is 35.6 Å². The van der Waals surface area contributed by atoms with Gasteiger partial charge < -0.3 is 9.13 Å². The summed E-state index contributed by atoms with van der Waals surface area (Å²) in [5.41, 5.74) is 13.2. The van der Waals surface area contributed by atoms with E-state index in [1.54, 1.807) is 0 Å². The van der Waals surface area contributed by atoms with Gasteiger partial charge in [0.25, 0.3) is 0 Å². The molecule has 3 aromatic heterocycles. The van der Waals surface area contributed by atoms with Gasteiger partial charge in [-0.05, 0) is 65.7 Å². The summed E-state index contributed by atoms with van der Waals surface area (Å²) in [5, 5.41) is 5.00. The number of hydrogen-bond donors (Lipinski definition) is 0. The Morgan fingerprint density at radius 1 is 0.353 bits per heavy atom. The molecule has 0 amide bonds. The molecule has 7 aromatic carbocycles. The molecule has 0 spiro atoms. The Hall–Kier alpha value is -6.78. The summed E-state index contributed by atoms with van der Waals surface area (Å²) in [6.07, 6.45) is 0. The molecule has 3 heterocycles. The zero-order valence-corrected chi connectivity index (χ0v) is 28.0. The molecule has 0 aliphatic rings. The fourth-order valence-corrected chi connectivity index (χ4v) is 7.65. The van der Waals surface area contributed by atoms with Crippen LogP contribution in [0.15, 0.2) is 176 Å². The Balaban J connectivity index is 1.12. The molecule has 0 radical (unpaired) electrons. The summed E-state index contributed by atoms with van der Waals surface area (Å²) < 4.78 is 4.65. The molecule has 0 saturated heterocycles. The fourth-order valence-electron chi connectivity index (χ4n) is 7.65. The van der Waals surface area contributed by atoms with Gasteiger partial charge in [-0.1, -0.05) is 121 Å². The van der Waals surface area contributed by atoms with Crippen molar-refractivity contribution in [1.29, 1.82) is 0 Å². The molecular formula is C47H32N4. The van der Waals surface area contributed by atoms with Crippen molar-refractivity contribution in [3.8, 4) is 50.7 Å². The van der Waals surface area contributed by atoms with Crippen LogP contribution < -0.4 is 0 Å². The lowest BCUT2D eigenvalue weighted by atomic mass is 10.0. The van der Waals surface area contributed by atoms with Gasteiger partial charge in [-0.3, -0.25) is 0 Å². The van der Waals surface area contributed by atoms with Crippen molar-refractivity contribution in [3.63, 3.8) is 0 Å². The Morgan fingerprint density at radius 2 is 0.843 bits per heavy atom. The molecule has 0 aliphatic carbocycles. The largest absolute Gasteiger partial charge is 0.344 e. The third-order valence-corrected chi connectivity index (χ3v) is 10.1. The number of aromatic nitrogens is 4. The van der Waals surface area contributed by atoms with Crippen molar-refractivity contribution < 1.29 is 0 Å². The van der Waals surface area contributed by atoms with Crippen LogP contribution in [0.25, 0.3) is 94.3 Å². The zero-order valence-electron chi connectivity index (χ0n) is 28.0. The Labute approximate surface area is 295 Å². The highest BCUT2D eigenvalue weighted by atomic mass is 15.0. The van der Waals surface area contributed by atoms with Crippen LogP contribution in [0.4, 0.5) is 0 Å². The molecule has 0 fully saturated rings. The van der Waals surface area contributed by atoms with Crippen LogP contribution in [0.2, 0.25) is 0 Å². The van der Waals surface area contributed by atoms with E-state index in [1.807, 2.05) is 12.1 Å². The van der Waals surface area contributed by atoms with Gasteiger partial charge >= 0.3 is 0 Å². The van der Waals surface area contributed by atoms with E-state index in [-0.39, 0.29) is 0 Å². The maximum absolute atomic E-state index is 5.11. The molecule has 0 saturated carbocycles. The molecule has 4 heteroatoms. The number of para-hydroxylation sites is 2. The first-order valence-corrected chi connectivity index (χ1v) is 17.3. The van der Waals surface area contributed by atoms with E-state index in [4.69, 9.17) is 9.97 Å². The molecule has 0 bridgehead atoms. The molecule has 10 rings (SSSR count). The first-order chi connectivity index (χ1) is 25.2. The van der Waals surface area contributed by atoms with Gasteiger partial charge in [0.05, 0.1) is 22.4 Å². The molecule has 0 atom stereocenters. The van der Waals surface area contributed by atoms with Crippen LogP contribution in [-0.4, -0.2) is 19.1 Å². The molecule has 0 unspecified atom stereocenters. The minimum absolute atomic E-state index is 0.698. The van der Waals surface area contributed by atoms with E-state index in [0.29, 0.717) is 5.82 Å². The quantitative estimate of drug-likeness (QED) is 0.185. The molecule has 240 valence electrons. The summed E-state index contributed by atoms with van der Waals surface area (Å²) in [6, 6.07) is 62.4. The van der Waals surface area contributed by atoms with E-state index >= 15 is 0 Å². The predicted octanol–water partition coefficient (Wildman–Crippen LogP) is 11.9. The SMILES string of the molecule is Cn1c2ccccc2c2cc(-c3ccc4c(c3)c3ccccc3n4-c3cccc(-c4nc(-c5ccccc5)cc(-c5ccccc5)n4)c3)ccc21. The van der Waals surface area contributed by atoms with E-state index in [0.717, 1.165) is 44.8 Å². The molecule has 51 heavy (non-hydrogen) atoms. The van der Waals surface area contributed by atoms with Gasteiger partial charge in [0.15, 0.2) is 5.82 Å². The standard InChI is InChI=1S/C47H32N4/c1-50-43-21-10-8-19-37(43)39-28-33(23-25-44(39)50)34-24-26-46-40(29-34)38-20-9-11-22-45(38)51(46)36-18-12-17-35(27-36)47-48-41(31-13-4-2-5-14-31)30-42(49-47)32-15-6-3-7-16-32/h2-30H,1H3. The number of rotatable bonds is 5. The minimum atomic E-state index is 0.698. The highest BCUT2D eigenvalue weighted by Crippen LogP contribution is 2.38. The van der Waals surface area contributed by atoms with Gasteiger partial charge in [0.1, 0.15) is 0 Å². The van der Waals surface area contributed by atoms with Crippen molar-refractivity contribution in [2.24, 2.45) is 7.05 Å². The average Bonchev–Trinajstić information content (AvgIpc) is 3.69. The maximum Gasteiger partial charge on any atom is 0.160 e. The van der Waals surface area contributed by atoms with Gasteiger partial charge in [0.2, 0.25) is 0 Å². The zero-order chi connectivity index (χ0) is 33.9. The molecule has 0 aliphatic heterocycles. The summed E-state index contributed by atoms with van der Waals surface area (Å²) in [6.45, 7) is 0. The van der Waals surface area contributed by atoms with E-state index < -0.39 is 0 Å². The van der Waals surface area contributed by atoms with E-state index in [2.05, 4.69) is 180 Å². The van der Waals surface area contributed by atoms with Crippen molar-refractivity contribution in [2.45, 2.75) is 0 Å². The average molecular weight is 653 g/mol. The fraction of sp³-hybridized carbons (Fsp3) is 0.0213. The van der Waals surface area contributed by atoms with Crippen LogP contribution >= 0.6 is 0 Å². The maximum atomic E-state index is 5.11. The summed E-state index contributed by atoms with van der Waals surface area (Å²) in [4.78, 5) is 10.2. The highest BCUT2D eigenvalue weighted by Gasteiger charge is 2.16. The first kappa shape index (κ1) is 29.2. The number of hydrogen-bond acceptors (Lipinski definition) is 2. The van der Waals surface area contributed by atoms with Gasteiger partial charge in [0, 0.05) is 62.0 Å². The molecular weight excluding hydrogens is 621 g/mol. The highest BCUT2D eigenvalue weighted by molar-refractivity contribution is 6.12. The second-order valence-corrected chi connectivity index (χ2v) is 13.1. The monoisotopic (exact) mass is 652 g/mol.